The first-order valence-electron chi connectivity index (χ1n) is 7.72. The predicted octanol–water partition coefficient (Wildman–Crippen LogP) is 4.56. The first kappa shape index (κ1) is 17.6. The van der Waals surface area contributed by atoms with Gasteiger partial charge in [0.2, 0.25) is 5.13 Å². The van der Waals surface area contributed by atoms with Gasteiger partial charge in [-0.25, -0.2) is 4.98 Å². The number of rotatable bonds is 6. The molecular formula is C18H16N4O3S. The number of hydrazone groups is 1. The number of nitro benzene ring substituents is 1. The third-order valence-corrected chi connectivity index (χ3v) is 4.45. The average molecular weight is 368 g/mol. The lowest BCUT2D eigenvalue weighted by atomic mass is 10.1. The van der Waals surface area contributed by atoms with E-state index >= 15 is 0 Å². The molecular weight excluding hydrogens is 352 g/mol. The lowest BCUT2D eigenvalue weighted by Gasteiger charge is -2.02. The number of aromatic nitrogens is 1. The summed E-state index contributed by atoms with van der Waals surface area (Å²) in [5, 5.41) is 17.6. The summed E-state index contributed by atoms with van der Waals surface area (Å²) >= 11 is 1.45. The van der Waals surface area contributed by atoms with Crippen LogP contribution in [0.4, 0.5) is 10.8 Å². The SMILES string of the molecule is COc1ccc(-c2csc(N/N=C(/C)c3ccc([N+](=O)[O-])cc3)n2)cc1. The summed E-state index contributed by atoms with van der Waals surface area (Å²) in [4.78, 5) is 14.8. The molecule has 0 aliphatic carbocycles. The number of nitrogens with zero attached hydrogens (tertiary/aromatic N) is 3. The third-order valence-electron chi connectivity index (χ3n) is 3.71. The quantitative estimate of drug-likeness (QED) is 0.391. The van der Waals surface area contributed by atoms with Crippen LogP contribution in [0.1, 0.15) is 12.5 Å². The molecule has 3 aromatic rings. The number of nitro groups is 1. The maximum atomic E-state index is 10.7. The minimum Gasteiger partial charge on any atom is -0.497 e. The van der Waals surface area contributed by atoms with Crippen molar-refractivity contribution in [1.29, 1.82) is 0 Å². The topological polar surface area (TPSA) is 89.6 Å². The van der Waals surface area contributed by atoms with Gasteiger partial charge in [-0.2, -0.15) is 5.10 Å². The van der Waals surface area contributed by atoms with Crippen molar-refractivity contribution in [2.75, 3.05) is 12.5 Å². The third kappa shape index (κ3) is 4.04. The zero-order chi connectivity index (χ0) is 18.5. The van der Waals surface area contributed by atoms with Gasteiger partial charge in [-0.05, 0) is 48.9 Å². The number of anilines is 1. The standard InChI is InChI=1S/C18H16N4O3S/c1-12(13-3-7-15(8-4-13)22(23)24)20-21-18-19-17(11-26-18)14-5-9-16(25-2)10-6-14/h3-11H,1-2H3,(H,19,21)/b20-12-. The van der Waals surface area contributed by atoms with E-state index < -0.39 is 4.92 Å². The molecule has 8 heteroatoms. The predicted molar refractivity (Wildman–Crippen MR) is 103 cm³/mol. The fourth-order valence-electron chi connectivity index (χ4n) is 2.24. The van der Waals surface area contributed by atoms with E-state index in [1.54, 1.807) is 19.2 Å². The largest absolute Gasteiger partial charge is 0.497 e. The Bertz CT molecular complexity index is 934. The Morgan fingerprint density at radius 1 is 1.19 bits per heavy atom. The van der Waals surface area contributed by atoms with Crippen LogP contribution in [0.5, 0.6) is 5.75 Å². The normalized spacial score (nSPS) is 11.2. The van der Waals surface area contributed by atoms with Gasteiger partial charge in [0.1, 0.15) is 5.75 Å². The summed E-state index contributed by atoms with van der Waals surface area (Å²) < 4.78 is 5.15. The summed E-state index contributed by atoms with van der Waals surface area (Å²) in [6.07, 6.45) is 0. The van der Waals surface area contributed by atoms with Crippen LogP contribution < -0.4 is 10.2 Å². The zero-order valence-corrected chi connectivity index (χ0v) is 15.0. The minimum absolute atomic E-state index is 0.0542. The van der Waals surface area contributed by atoms with E-state index in [9.17, 15) is 10.1 Å². The fraction of sp³-hybridized carbons (Fsp3) is 0.111. The van der Waals surface area contributed by atoms with Crippen molar-refractivity contribution in [3.05, 3.63) is 69.6 Å². The summed E-state index contributed by atoms with van der Waals surface area (Å²) in [6.45, 7) is 1.83. The number of non-ortho nitro benzene ring substituents is 1. The van der Waals surface area contributed by atoms with Crippen molar-refractivity contribution in [3.8, 4) is 17.0 Å². The highest BCUT2D eigenvalue weighted by atomic mass is 32.1. The molecule has 0 atom stereocenters. The molecule has 26 heavy (non-hydrogen) atoms. The lowest BCUT2D eigenvalue weighted by Crippen LogP contribution is -2.00. The Balaban J connectivity index is 1.69. The highest BCUT2D eigenvalue weighted by Crippen LogP contribution is 2.26. The van der Waals surface area contributed by atoms with Gasteiger partial charge < -0.3 is 4.74 Å². The molecule has 1 heterocycles. The highest BCUT2D eigenvalue weighted by Gasteiger charge is 2.07. The highest BCUT2D eigenvalue weighted by molar-refractivity contribution is 7.14. The Morgan fingerprint density at radius 2 is 1.88 bits per heavy atom. The van der Waals surface area contributed by atoms with Crippen LogP contribution >= 0.6 is 11.3 Å². The second-order valence-electron chi connectivity index (χ2n) is 5.38. The van der Waals surface area contributed by atoms with Gasteiger partial charge in [-0.15, -0.1) is 11.3 Å². The monoisotopic (exact) mass is 368 g/mol. The van der Waals surface area contributed by atoms with Crippen molar-refractivity contribution in [3.63, 3.8) is 0 Å². The van der Waals surface area contributed by atoms with Crippen LogP contribution in [-0.4, -0.2) is 22.7 Å². The maximum absolute atomic E-state index is 10.7. The van der Waals surface area contributed by atoms with Crippen LogP contribution in [0, 0.1) is 10.1 Å². The summed E-state index contributed by atoms with van der Waals surface area (Å²) in [6, 6.07) is 13.9. The number of methoxy groups -OCH3 is 1. The molecule has 0 saturated carbocycles. The van der Waals surface area contributed by atoms with Gasteiger partial charge in [0, 0.05) is 23.1 Å². The number of ether oxygens (including phenoxy) is 1. The molecule has 0 bridgehead atoms. The zero-order valence-electron chi connectivity index (χ0n) is 14.2. The van der Waals surface area contributed by atoms with E-state index in [2.05, 4.69) is 15.5 Å². The first-order chi connectivity index (χ1) is 12.6. The van der Waals surface area contributed by atoms with Crippen LogP contribution in [0.15, 0.2) is 59.0 Å². The van der Waals surface area contributed by atoms with E-state index in [0.717, 1.165) is 22.6 Å². The molecule has 0 spiro atoms. The summed E-state index contributed by atoms with van der Waals surface area (Å²) in [5.74, 6) is 0.797. The van der Waals surface area contributed by atoms with Gasteiger partial charge in [-0.3, -0.25) is 15.5 Å². The number of thiazole rings is 1. The Labute approximate surface area is 154 Å². The van der Waals surface area contributed by atoms with E-state index in [4.69, 9.17) is 4.74 Å². The number of benzene rings is 2. The van der Waals surface area contributed by atoms with Crippen molar-refractivity contribution in [2.45, 2.75) is 6.92 Å². The Hall–Kier alpha value is -3.26. The van der Waals surface area contributed by atoms with Crippen LogP contribution in [-0.2, 0) is 0 Å². The van der Waals surface area contributed by atoms with Crippen molar-refractivity contribution in [2.24, 2.45) is 5.10 Å². The fourth-order valence-corrected chi connectivity index (χ4v) is 2.90. The molecule has 0 fully saturated rings. The molecule has 0 amide bonds. The molecule has 2 aromatic carbocycles. The van der Waals surface area contributed by atoms with Gasteiger partial charge in [0.15, 0.2) is 0 Å². The molecule has 1 N–H and O–H groups in total. The Kier molecular flexibility index (Phi) is 5.23. The molecule has 0 unspecified atom stereocenters. The van der Waals surface area contributed by atoms with Crippen molar-refractivity contribution in [1.82, 2.24) is 4.98 Å². The molecule has 0 saturated heterocycles. The molecule has 1 aromatic heterocycles. The van der Waals surface area contributed by atoms with E-state index in [1.165, 1.54) is 23.5 Å². The van der Waals surface area contributed by atoms with E-state index in [1.807, 2.05) is 36.6 Å². The van der Waals surface area contributed by atoms with E-state index in [-0.39, 0.29) is 5.69 Å². The average Bonchev–Trinajstić information content (AvgIpc) is 3.15. The van der Waals surface area contributed by atoms with Gasteiger partial charge in [0.05, 0.1) is 23.4 Å². The van der Waals surface area contributed by atoms with Gasteiger partial charge >= 0.3 is 0 Å². The summed E-state index contributed by atoms with van der Waals surface area (Å²) in [5.41, 5.74) is 6.34. The smallest absolute Gasteiger partial charge is 0.269 e. The number of nitrogens with one attached hydrogen (secondary N) is 1. The number of hydrogen-bond acceptors (Lipinski definition) is 7. The second-order valence-corrected chi connectivity index (χ2v) is 6.24. The van der Waals surface area contributed by atoms with Crippen LogP contribution in [0.25, 0.3) is 11.3 Å². The lowest BCUT2D eigenvalue weighted by molar-refractivity contribution is -0.384. The van der Waals surface area contributed by atoms with Crippen LogP contribution in [0.2, 0.25) is 0 Å². The van der Waals surface area contributed by atoms with Gasteiger partial charge in [-0.1, -0.05) is 0 Å². The Morgan fingerprint density at radius 3 is 2.50 bits per heavy atom. The maximum Gasteiger partial charge on any atom is 0.269 e. The molecule has 132 valence electrons. The van der Waals surface area contributed by atoms with E-state index in [0.29, 0.717) is 10.8 Å². The molecule has 3 rings (SSSR count). The summed E-state index contributed by atoms with van der Waals surface area (Å²) in [7, 11) is 1.63. The van der Waals surface area contributed by atoms with Gasteiger partial charge in [0.25, 0.3) is 5.69 Å². The number of hydrogen-bond donors (Lipinski definition) is 1. The van der Waals surface area contributed by atoms with Crippen molar-refractivity contribution >= 4 is 27.9 Å². The van der Waals surface area contributed by atoms with Crippen LogP contribution in [0.3, 0.4) is 0 Å². The second kappa shape index (κ2) is 7.75. The molecule has 0 aliphatic heterocycles. The molecule has 0 radical (unpaired) electrons. The first-order valence-corrected chi connectivity index (χ1v) is 8.60. The molecule has 0 aliphatic rings. The molecule has 7 nitrogen and oxygen atoms in total. The minimum atomic E-state index is -0.426. The van der Waals surface area contributed by atoms with Crippen molar-refractivity contribution < 1.29 is 9.66 Å².